The quantitative estimate of drug-likeness (QED) is 0.863. The molecule has 0 aromatic carbocycles. The standard InChI is InChI=1S/C14H19NO3/c16-13(17)10-3-5-11(6-4-10)14(8-18-9-14)12-2-1-7-15-12/h1-2,7,10-11,15H,3-6,8-9H2,(H,16,17). The van der Waals surface area contributed by atoms with Crippen molar-refractivity contribution in [2.75, 3.05) is 13.2 Å². The van der Waals surface area contributed by atoms with Gasteiger partial charge in [0.25, 0.3) is 0 Å². The van der Waals surface area contributed by atoms with Gasteiger partial charge in [-0.15, -0.1) is 0 Å². The molecule has 0 bridgehead atoms. The molecule has 0 radical (unpaired) electrons. The summed E-state index contributed by atoms with van der Waals surface area (Å²) in [6.45, 7) is 1.55. The van der Waals surface area contributed by atoms with Crippen molar-refractivity contribution in [1.82, 2.24) is 4.98 Å². The van der Waals surface area contributed by atoms with Crippen molar-refractivity contribution in [1.29, 1.82) is 0 Å². The van der Waals surface area contributed by atoms with Crippen LogP contribution >= 0.6 is 0 Å². The monoisotopic (exact) mass is 249 g/mol. The van der Waals surface area contributed by atoms with E-state index in [0.717, 1.165) is 38.9 Å². The number of hydrogen-bond donors (Lipinski definition) is 2. The van der Waals surface area contributed by atoms with Crippen LogP contribution in [0.2, 0.25) is 0 Å². The van der Waals surface area contributed by atoms with E-state index in [-0.39, 0.29) is 11.3 Å². The van der Waals surface area contributed by atoms with Gasteiger partial charge in [0, 0.05) is 11.9 Å². The lowest BCUT2D eigenvalue weighted by atomic mass is 9.64. The van der Waals surface area contributed by atoms with Gasteiger partial charge in [-0.1, -0.05) is 0 Å². The normalized spacial score (nSPS) is 30.7. The fourth-order valence-electron chi connectivity index (χ4n) is 3.47. The SMILES string of the molecule is O=C(O)C1CCC(C2(c3ccc[nH]3)COC2)CC1. The van der Waals surface area contributed by atoms with Gasteiger partial charge in [-0.2, -0.15) is 0 Å². The molecule has 1 aliphatic heterocycles. The number of carboxylic acids is 1. The number of ether oxygens (including phenoxy) is 1. The van der Waals surface area contributed by atoms with Crippen LogP contribution in [-0.4, -0.2) is 29.3 Å². The van der Waals surface area contributed by atoms with Gasteiger partial charge in [0.1, 0.15) is 0 Å². The largest absolute Gasteiger partial charge is 0.481 e. The number of nitrogens with one attached hydrogen (secondary N) is 1. The first kappa shape index (κ1) is 11.8. The molecular formula is C14H19NO3. The molecule has 0 atom stereocenters. The number of rotatable bonds is 3. The number of carbonyl (C=O) groups is 1. The van der Waals surface area contributed by atoms with Crippen molar-refractivity contribution >= 4 is 5.97 Å². The predicted molar refractivity (Wildman–Crippen MR) is 66.4 cm³/mol. The molecule has 1 aliphatic carbocycles. The first-order valence-corrected chi connectivity index (χ1v) is 6.67. The van der Waals surface area contributed by atoms with Gasteiger partial charge in [0.2, 0.25) is 0 Å². The van der Waals surface area contributed by atoms with Crippen LogP contribution in [0.1, 0.15) is 31.4 Å². The lowest BCUT2D eigenvalue weighted by molar-refractivity contribution is -0.145. The smallest absolute Gasteiger partial charge is 0.306 e. The van der Waals surface area contributed by atoms with Gasteiger partial charge in [-0.05, 0) is 43.7 Å². The van der Waals surface area contributed by atoms with E-state index in [2.05, 4.69) is 11.1 Å². The van der Waals surface area contributed by atoms with Gasteiger partial charge >= 0.3 is 5.97 Å². The summed E-state index contributed by atoms with van der Waals surface area (Å²) in [6.07, 6.45) is 5.57. The van der Waals surface area contributed by atoms with Crippen molar-refractivity contribution < 1.29 is 14.6 Å². The molecule has 4 nitrogen and oxygen atoms in total. The molecule has 1 aromatic heterocycles. The van der Waals surface area contributed by atoms with E-state index < -0.39 is 5.97 Å². The van der Waals surface area contributed by atoms with E-state index in [9.17, 15) is 4.79 Å². The Labute approximate surface area is 106 Å². The van der Waals surface area contributed by atoms with E-state index in [0.29, 0.717) is 5.92 Å². The maximum Gasteiger partial charge on any atom is 0.306 e. The van der Waals surface area contributed by atoms with Crippen molar-refractivity contribution in [2.45, 2.75) is 31.1 Å². The first-order valence-electron chi connectivity index (χ1n) is 6.67. The number of hydrogen-bond acceptors (Lipinski definition) is 2. The molecule has 3 rings (SSSR count). The first-order chi connectivity index (χ1) is 8.72. The average Bonchev–Trinajstić information content (AvgIpc) is 2.82. The Morgan fingerprint density at radius 3 is 2.50 bits per heavy atom. The number of aromatic amines is 1. The molecule has 2 aliphatic rings. The van der Waals surface area contributed by atoms with Gasteiger partial charge in [0.15, 0.2) is 0 Å². The summed E-state index contributed by atoms with van der Waals surface area (Å²) >= 11 is 0. The van der Waals surface area contributed by atoms with E-state index >= 15 is 0 Å². The topological polar surface area (TPSA) is 62.3 Å². The van der Waals surface area contributed by atoms with Gasteiger partial charge in [0.05, 0.1) is 24.5 Å². The number of aromatic nitrogens is 1. The van der Waals surface area contributed by atoms with Gasteiger partial charge < -0.3 is 14.8 Å². The minimum Gasteiger partial charge on any atom is -0.481 e. The minimum absolute atomic E-state index is 0.118. The Morgan fingerprint density at radius 1 is 1.33 bits per heavy atom. The van der Waals surface area contributed by atoms with E-state index in [1.165, 1.54) is 5.69 Å². The van der Waals surface area contributed by atoms with Crippen LogP contribution in [0.15, 0.2) is 18.3 Å². The maximum atomic E-state index is 11.0. The zero-order valence-electron chi connectivity index (χ0n) is 10.4. The second-order valence-corrected chi connectivity index (χ2v) is 5.62. The molecule has 2 fully saturated rings. The lowest BCUT2D eigenvalue weighted by Crippen LogP contribution is -2.53. The molecule has 2 N–H and O–H groups in total. The summed E-state index contributed by atoms with van der Waals surface area (Å²) in [5.41, 5.74) is 1.37. The summed E-state index contributed by atoms with van der Waals surface area (Å²) in [4.78, 5) is 14.3. The highest BCUT2D eigenvalue weighted by molar-refractivity contribution is 5.70. The molecule has 1 saturated heterocycles. The summed E-state index contributed by atoms with van der Waals surface area (Å²) in [5.74, 6) is -0.212. The number of H-pyrrole nitrogens is 1. The van der Waals surface area contributed by atoms with Crippen LogP contribution in [0, 0.1) is 11.8 Å². The zero-order valence-corrected chi connectivity index (χ0v) is 10.4. The Morgan fingerprint density at radius 2 is 2.06 bits per heavy atom. The average molecular weight is 249 g/mol. The molecule has 4 heteroatoms. The van der Waals surface area contributed by atoms with Crippen molar-refractivity contribution in [3.63, 3.8) is 0 Å². The molecule has 1 saturated carbocycles. The van der Waals surface area contributed by atoms with Crippen LogP contribution in [-0.2, 0) is 14.9 Å². The van der Waals surface area contributed by atoms with Crippen LogP contribution in [0.3, 0.4) is 0 Å². The Balaban J connectivity index is 1.73. The highest BCUT2D eigenvalue weighted by Crippen LogP contribution is 2.46. The predicted octanol–water partition coefficient (Wildman–Crippen LogP) is 2.17. The van der Waals surface area contributed by atoms with E-state index in [4.69, 9.17) is 9.84 Å². The number of aliphatic carboxylic acids is 1. The third-order valence-corrected chi connectivity index (χ3v) is 4.71. The molecule has 1 aromatic rings. The van der Waals surface area contributed by atoms with Crippen LogP contribution in [0.25, 0.3) is 0 Å². The van der Waals surface area contributed by atoms with Crippen molar-refractivity contribution in [2.24, 2.45) is 11.8 Å². The highest BCUT2D eigenvalue weighted by Gasteiger charge is 2.48. The third-order valence-electron chi connectivity index (χ3n) is 4.71. The summed E-state index contributed by atoms with van der Waals surface area (Å²) in [7, 11) is 0. The summed E-state index contributed by atoms with van der Waals surface area (Å²) < 4.78 is 5.45. The van der Waals surface area contributed by atoms with E-state index in [1.807, 2.05) is 12.3 Å². The summed E-state index contributed by atoms with van der Waals surface area (Å²) in [5, 5.41) is 9.05. The molecule has 98 valence electrons. The summed E-state index contributed by atoms with van der Waals surface area (Å²) in [6, 6.07) is 4.16. The van der Waals surface area contributed by atoms with Gasteiger partial charge in [-0.25, -0.2) is 0 Å². The Hall–Kier alpha value is -1.29. The van der Waals surface area contributed by atoms with Crippen LogP contribution < -0.4 is 0 Å². The van der Waals surface area contributed by atoms with Crippen molar-refractivity contribution in [3.8, 4) is 0 Å². The molecule has 2 heterocycles. The van der Waals surface area contributed by atoms with Crippen LogP contribution in [0.5, 0.6) is 0 Å². The Kier molecular flexibility index (Phi) is 2.90. The second-order valence-electron chi connectivity index (χ2n) is 5.62. The van der Waals surface area contributed by atoms with Crippen molar-refractivity contribution in [3.05, 3.63) is 24.0 Å². The molecule has 0 unspecified atom stereocenters. The second kappa shape index (κ2) is 4.43. The Bertz CT molecular complexity index is 414. The zero-order chi connectivity index (χ0) is 12.6. The molecule has 0 spiro atoms. The third kappa shape index (κ3) is 1.75. The fraction of sp³-hybridized carbons (Fsp3) is 0.643. The number of carboxylic acid groups (broad SMARTS) is 1. The molecular weight excluding hydrogens is 230 g/mol. The highest BCUT2D eigenvalue weighted by atomic mass is 16.5. The minimum atomic E-state index is -0.632. The molecule has 18 heavy (non-hydrogen) atoms. The fourth-order valence-corrected chi connectivity index (χ4v) is 3.47. The maximum absolute atomic E-state index is 11.0. The van der Waals surface area contributed by atoms with Crippen LogP contribution in [0.4, 0.5) is 0 Å². The lowest BCUT2D eigenvalue weighted by Gasteiger charge is -2.48. The van der Waals surface area contributed by atoms with E-state index in [1.54, 1.807) is 0 Å². The van der Waals surface area contributed by atoms with Gasteiger partial charge in [-0.3, -0.25) is 4.79 Å². The molecule has 0 amide bonds.